The first-order valence-corrected chi connectivity index (χ1v) is 12.4. The molecular formula is C23H18ClFN4O7S. The summed E-state index contributed by atoms with van der Waals surface area (Å²) in [6.07, 6.45) is 1.14. The van der Waals surface area contributed by atoms with Crippen LogP contribution in [0.4, 0.5) is 15.8 Å². The number of nitro benzene ring substituents is 1. The Morgan fingerprint density at radius 3 is 2.51 bits per heavy atom. The first-order valence-electron chi connectivity index (χ1n) is 10.6. The van der Waals surface area contributed by atoms with Crippen molar-refractivity contribution in [2.75, 3.05) is 24.1 Å². The molecule has 192 valence electrons. The lowest BCUT2D eigenvalue weighted by atomic mass is 10.2. The molecule has 3 aromatic rings. The van der Waals surface area contributed by atoms with Crippen molar-refractivity contribution < 1.29 is 32.0 Å². The van der Waals surface area contributed by atoms with Gasteiger partial charge in [0.15, 0.2) is 11.5 Å². The highest BCUT2D eigenvalue weighted by molar-refractivity contribution is 7.92. The van der Waals surface area contributed by atoms with Gasteiger partial charge in [-0.05, 0) is 42.5 Å². The first-order chi connectivity index (χ1) is 17.6. The van der Waals surface area contributed by atoms with Crippen LogP contribution in [0, 0.1) is 15.9 Å². The van der Waals surface area contributed by atoms with E-state index in [0.29, 0.717) is 12.4 Å². The molecule has 11 nitrogen and oxygen atoms in total. The van der Waals surface area contributed by atoms with E-state index in [0.717, 1.165) is 28.7 Å². The Hall–Kier alpha value is -4.23. The number of nitrogens with zero attached hydrogens (tertiary/aromatic N) is 3. The van der Waals surface area contributed by atoms with E-state index in [1.54, 1.807) is 0 Å². The number of hydrogen-bond acceptors (Lipinski definition) is 8. The predicted molar refractivity (Wildman–Crippen MR) is 132 cm³/mol. The number of carbonyl (C=O) groups excluding carboxylic acids is 1. The highest BCUT2D eigenvalue weighted by atomic mass is 35.5. The van der Waals surface area contributed by atoms with Crippen molar-refractivity contribution in [2.24, 2.45) is 5.10 Å². The fourth-order valence-electron chi connectivity index (χ4n) is 3.33. The Balaban J connectivity index is 1.57. The summed E-state index contributed by atoms with van der Waals surface area (Å²) in [5.74, 6) is -0.803. The van der Waals surface area contributed by atoms with Gasteiger partial charge < -0.3 is 9.47 Å². The Bertz CT molecular complexity index is 1480. The Morgan fingerprint density at radius 1 is 1.11 bits per heavy atom. The molecule has 0 aromatic heterocycles. The zero-order valence-corrected chi connectivity index (χ0v) is 20.4. The summed E-state index contributed by atoms with van der Waals surface area (Å²) in [6.45, 7) is -0.138. The molecule has 1 N–H and O–H groups in total. The Labute approximate surface area is 215 Å². The summed E-state index contributed by atoms with van der Waals surface area (Å²) in [5, 5.41) is 14.7. The molecular weight excluding hydrogens is 531 g/mol. The van der Waals surface area contributed by atoms with E-state index in [2.05, 4.69) is 10.5 Å². The van der Waals surface area contributed by atoms with Gasteiger partial charge in [0, 0.05) is 17.7 Å². The first kappa shape index (κ1) is 25.9. The molecule has 1 amide bonds. The van der Waals surface area contributed by atoms with Gasteiger partial charge in [-0.15, -0.1) is 0 Å². The van der Waals surface area contributed by atoms with Crippen molar-refractivity contribution in [1.82, 2.24) is 5.43 Å². The average molecular weight is 549 g/mol. The van der Waals surface area contributed by atoms with E-state index in [1.165, 1.54) is 42.5 Å². The topological polar surface area (TPSA) is 140 Å². The molecule has 0 saturated carbocycles. The average Bonchev–Trinajstić information content (AvgIpc) is 2.88. The number of halogens is 2. The van der Waals surface area contributed by atoms with Gasteiger partial charge in [0.2, 0.25) is 0 Å². The van der Waals surface area contributed by atoms with Crippen molar-refractivity contribution in [3.05, 3.63) is 87.2 Å². The lowest BCUT2D eigenvalue weighted by Gasteiger charge is -2.25. The van der Waals surface area contributed by atoms with Crippen LogP contribution in [0.15, 0.2) is 70.7 Å². The molecule has 0 bridgehead atoms. The fraction of sp³-hybridized carbons (Fsp3) is 0.130. The van der Waals surface area contributed by atoms with E-state index in [1.807, 2.05) is 0 Å². The third-order valence-corrected chi connectivity index (χ3v) is 7.16. The van der Waals surface area contributed by atoms with Gasteiger partial charge in [0.05, 0.1) is 21.7 Å². The molecule has 0 radical (unpaired) electrons. The van der Waals surface area contributed by atoms with Crippen molar-refractivity contribution >= 4 is 45.1 Å². The van der Waals surface area contributed by atoms with E-state index in [4.69, 9.17) is 21.1 Å². The van der Waals surface area contributed by atoms with Gasteiger partial charge in [-0.3, -0.25) is 19.2 Å². The number of ether oxygens (including phenoxy) is 2. The summed E-state index contributed by atoms with van der Waals surface area (Å²) < 4.78 is 52.2. The summed E-state index contributed by atoms with van der Waals surface area (Å²) in [6, 6.07) is 12.5. The zero-order valence-electron chi connectivity index (χ0n) is 18.8. The van der Waals surface area contributed by atoms with Crippen LogP contribution < -0.4 is 19.2 Å². The van der Waals surface area contributed by atoms with Crippen molar-refractivity contribution in [2.45, 2.75) is 4.90 Å². The summed E-state index contributed by atoms with van der Waals surface area (Å²) >= 11 is 5.78. The van der Waals surface area contributed by atoms with Crippen LogP contribution in [0.1, 0.15) is 5.56 Å². The number of carbonyl (C=O) groups is 1. The van der Waals surface area contributed by atoms with Crippen LogP contribution in [-0.4, -0.2) is 45.2 Å². The van der Waals surface area contributed by atoms with Gasteiger partial charge in [-0.1, -0.05) is 17.7 Å². The van der Waals surface area contributed by atoms with Crippen LogP contribution in [0.5, 0.6) is 11.5 Å². The molecule has 0 unspecified atom stereocenters. The molecule has 1 aliphatic rings. The van der Waals surface area contributed by atoms with Crippen molar-refractivity contribution in [1.29, 1.82) is 0 Å². The maximum atomic E-state index is 13.5. The van der Waals surface area contributed by atoms with Crippen molar-refractivity contribution in [3.8, 4) is 11.5 Å². The largest absolute Gasteiger partial charge is 0.486 e. The maximum Gasteiger partial charge on any atom is 0.288 e. The summed E-state index contributed by atoms with van der Waals surface area (Å²) in [7, 11) is -4.32. The minimum Gasteiger partial charge on any atom is -0.486 e. The van der Waals surface area contributed by atoms with E-state index in [-0.39, 0.29) is 39.2 Å². The van der Waals surface area contributed by atoms with Gasteiger partial charge in [-0.2, -0.15) is 5.10 Å². The monoisotopic (exact) mass is 548 g/mol. The smallest absolute Gasteiger partial charge is 0.288 e. The van der Waals surface area contributed by atoms with Gasteiger partial charge in [0.25, 0.3) is 21.6 Å². The second-order valence-corrected chi connectivity index (χ2v) is 9.82. The summed E-state index contributed by atoms with van der Waals surface area (Å²) in [5.41, 5.74) is 2.14. The molecule has 0 fully saturated rings. The van der Waals surface area contributed by atoms with Crippen LogP contribution in [-0.2, 0) is 14.8 Å². The number of nitrogens with one attached hydrogen (secondary N) is 1. The van der Waals surface area contributed by atoms with E-state index >= 15 is 0 Å². The number of hydrogen-bond donors (Lipinski definition) is 1. The van der Waals surface area contributed by atoms with E-state index < -0.39 is 33.2 Å². The number of benzene rings is 3. The van der Waals surface area contributed by atoms with E-state index in [9.17, 15) is 27.7 Å². The highest BCUT2D eigenvalue weighted by Crippen LogP contribution is 2.34. The molecule has 4 rings (SSSR count). The van der Waals surface area contributed by atoms with Crippen LogP contribution in [0.25, 0.3) is 0 Å². The number of rotatable bonds is 8. The Morgan fingerprint density at radius 2 is 1.81 bits per heavy atom. The SMILES string of the molecule is O=C(CN(c1ccc(F)cc1)S(=O)(=O)c1ccc2c(c1)OCCO2)N/N=C\c1ccc(Cl)c([N+](=O)[O-])c1. The standard InChI is InChI=1S/C23H18ClFN4O7S/c24-19-7-1-15(11-20(19)29(31)32)13-26-27-23(30)14-28(17-4-2-16(25)3-5-17)37(33,34)18-6-8-21-22(12-18)36-10-9-35-21/h1-8,11-13H,9-10,14H2,(H,27,30)/b26-13-. The lowest BCUT2D eigenvalue weighted by Crippen LogP contribution is -2.39. The highest BCUT2D eigenvalue weighted by Gasteiger charge is 2.29. The molecule has 3 aromatic carbocycles. The number of amides is 1. The molecule has 0 aliphatic carbocycles. The molecule has 14 heteroatoms. The van der Waals surface area contributed by atoms with Crippen LogP contribution in [0.3, 0.4) is 0 Å². The Kier molecular flexibility index (Phi) is 7.55. The maximum absolute atomic E-state index is 13.5. The molecule has 37 heavy (non-hydrogen) atoms. The molecule has 0 saturated heterocycles. The zero-order chi connectivity index (χ0) is 26.6. The number of hydrazone groups is 1. The van der Waals surface area contributed by atoms with Gasteiger partial charge >= 0.3 is 0 Å². The number of sulfonamides is 1. The summed E-state index contributed by atoms with van der Waals surface area (Å²) in [4.78, 5) is 22.8. The third-order valence-electron chi connectivity index (χ3n) is 5.07. The lowest BCUT2D eigenvalue weighted by molar-refractivity contribution is -0.384. The quantitative estimate of drug-likeness (QED) is 0.258. The molecule has 0 spiro atoms. The minimum atomic E-state index is -4.32. The van der Waals surface area contributed by atoms with Gasteiger partial charge in [-0.25, -0.2) is 18.2 Å². The third kappa shape index (κ3) is 5.95. The second kappa shape index (κ2) is 10.8. The normalized spacial score (nSPS) is 12.8. The molecule has 0 atom stereocenters. The molecule has 1 aliphatic heterocycles. The van der Waals surface area contributed by atoms with Crippen LogP contribution in [0.2, 0.25) is 5.02 Å². The number of fused-ring (bicyclic) bond motifs is 1. The second-order valence-electron chi connectivity index (χ2n) is 7.55. The molecule has 1 heterocycles. The number of nitro groups is 1. The number of anilines is 1. The van der Waals surface area contributed by atoms with Gasteiger partial charge in [0.1, 0.15) is 30.6 Å². The van der Waals surface area contributed by atoms with Crippen LogP contribution >= 0.6 is 11.6 Å². The predicted octanol–water partition coefficient (Wildman–Crippen LogP) is 3.50. The minimum absolute atomic E-state index is 0.0312. The fourth-order valence-corrected chi connectivity index (χ4v) is 4.95. The van der Waals surface area contributed by atoms with Crippen molar-refractivity contribution in [3.63, 3.8) is 0 Å².